The van der Waals surface area contributed by atoms with Crippen LogP contribution in [0.15, 0.2) is 24.5 Å². The van der Waals surface area contributed by atoms with Gasteiger partial charge in [-0.3, -0.25) is 9.78 Å². The van der Waals surface area contributed by atoms with Gasteiger partial charge in [0.15, 0.2) is 5.78 Å². The molecule has 1 rings (SSSR count). The Morgan fingerprint density at radius 3 is 2.50 bits per heavy atom. The molecule has 5 nitrogen and oxygen atoms in total. The molecular weight excluding hydrogens is 280 g/mol. The van der Waals surface area contributed by atoms with E-state index in [2.05, 4.69) is 24.1 Å². The molecule has 0 aliphatic carbocycles. The standard InChI is InChI=1S/C17H26N2O3/c1-13(2)6-5-7-15(20)17(3,4)19-16(21)22-12-14-8-10-18-11-9-14/h8-11,13H,5-7,12H2,1-4H3,(H,19,21). The maximum absolute atomic E-state index is 12.2. The van der Waals surface area contributed by atoms with Crippen LogP contribution in [0.1, 0.15) is 52.5 Å². The average molecular weight is 306 g/mol. The van der Waals surface area contributed by atoms with Crippen molar-refractivity contribution >= 4 is 11.9 Å². The summed E-state index contributed by atoms with van der Waals surface area (Å²) < 4.78 is 5.13. The number of hydrogen-bond acceptors (Lipinski definition) is 4. The molecule has 0 aromatic carbocycles. The minimum absolute atomic E-state index is 0.0222. The van der Waals surface area contributed by atoms with Gasteiger partial charge in [-0.25, -0.2) is 4.79 Å². The summed E-state index contributed by atoms with van der Waals surface area (Å²) in [5.74, 6) is 0.600. The smallest absolute Gasteiger partial charge is 0.408 e. The van der Waals surface area contributed by atoms with Gasteiger partial charge in [0.1, 0.15) is 6.61 Å². The minimum atomic E-state index is -0.910. The van der Waals surface area contributed by atoms with E-state index in [1.54, 1.807) is 38.4 Å². The summed E-state index contributed by atoms with van der Waals surface area (Å²) in [5.41, 5.74) is -0.0574. The van der Waals surface area contributed by atoms with E-state index in [1.807, 2.05) is 0 Å². The SMILES string of the molecule is CC(C)CCCC(=O)C(C)(C)NC(=O)OCc1ccncc1. The number of pyridine rings is 1. The van der Waals surface area contributed by atoms with Gasteiger partial charge < -0.3 is 10.1 Å². The third kappa shape index (κ3) is 6.70. The van der Waals surface area contributed by atoms with Crippen molar-refractivity contribution in [3.63, 3.8) is 0 Å². The first-order chi connectivity index (χ1) is 10.3. The van der Waals surface area contributed by atoms with Gasteiger partial charge in [-0.1, -0.05) is 20.3 Å². The molecule has 1 heterocycles. The highest BCUT2D eigenvalue weighted by Gasteiger charge is 2.29. The summed E-state index contributed by atoms with van der Waals surface area (Å²) in [6.07, 6.45) is 5.01. The van der Waals surface area contributed by atoms with Crippen LogP contribution >= 0.6 is 0 Å². The second-order valence-corrected chi connectivity index (χ2v) is 6.39. The maximum Gasteiger partial charge on any atom is 0.408 e. The summed E-state index contributed by atoms with van der Waals surface area (Å²) in [6, 6.07) is 3.55. The Balaban J connectivity index is 2.38. The zero-order valence-corrected chi connectivity index (χ0v) is 13.9. The van der Waals surface area contributed by atoms with Gasteiger partial charge in [0.2, 0.25) is 0 Å². The zero-order chi connectivity index (χ0) is 16.6. The summed E-state index contributed by atoms with van der Waals surface area (Å²) in [6.45, 7) is 7.83. The molecule has 0 fully saturated rings. The molecule has 0 unspecified atom stereocenters. The normalized spacial score (nSPS) is 11.3. The Labute approximate surface area is 132 Å². The van der Waals surface area contributed by atoms with Crippen LogP contribution in [-0.4, -0.2) is 22.4 Å². The molecule has 22 heavy (non-hydrogen) atoms. The van der Waals surface area contributed by atoms with Crippen LogP contribution < -0.4 is 5.32 Å². The van der Waals surface area contributed by atoms with Gasteiger partial charge >= 0.3 is 6.09 Å². The molecule has 5 heteroatoms. The van der Waals surface area contributed by atoms with Crippen molar-refractivity contribution in [3.05, 3.63) is 30.1 Å². The van der Waals surface area contributed by atoms with Crippen LogP contribution in [0.5, 0.6) is 0 Å². The lowest BCUT2D eigenvalue weighted by Gasteiger charge is -2.24. The first kappa shape index (κ1) is 18.1. The lowest BCUT2D eigenvalue weighted by atomic mass is 9.93. The molecule has 1 N–H and O–H groups in total. The van der Waals surface area contributed by atoms with Crippen molar-refractivity contribution < 1.29 is 14.3 Å². The van der Waals surface area contributed by atoms with Crippen molar-refractivity contribution in [2.45, 2.75) is 59.1 Å². The Kier molecular flexibility index (Phi) is 7.02. The lowest BCUT2D eigenvalue weighted by Crippen LogP contribution is -2.49. The van der Waals surface area contributed by atoms with E-state index in [-0.39, 0.29) is 12.4 Å². The van der Waals surface area contributed by atoms with E-state index >= 15 is 0 Å². The molecule has 0 radical (unpaired) electrons. The fourth-order valence-electron chi connectivity index (χ4n) is 1.97. The van der Waals surface area contributed by atoms with Gasteiger partial charge in [-0.05, 0) is 43.9 Å². The highest BCUT2D eigenvalue weighted by atomic mass is 16.5. The van der Waals surface area contributed by atoms with Crippen LogP contribution in [0.2, 0.25) is 0 Å². The van der Waals surface area contributed by atoms with Crippen molar-refractivity contribution in [1.29, 1.82) is 0 Å². The van der Waals surface area contributed by atoms with Gasteiger partial charge in [0.25, 0.3) is 0 Å². The topological polar surface area (TPSA) is 68.3 Å². The fourth-order valence-corrected chi connectivity index (χ4v) is 1.97. The second kappa shape index (κ2) is 8.51. The molecule has 0 aliphatic rings. The molecule has 0 atom stereocenters. The number of rotatable bonds is 8. The molecule has 0 saturated heterocycles. The molecule has 0 bridgehead atoms. The molecule has 122 valence electrons. The lowest BCUT2D eigenvalue weighted by molar-refractivity contribution is -0.124. The highest BCUT2D eigenvalue weighted by Crippen LogP contribution is 2.13. The predicted molar refractivity (Wildman–Crippen MR) is 85.3 cm³/mol. The Bertz CT molecular complexity index is 484. The summed E-state index contributed by atoms with van der Waals surface area (Å²) >= 11 is 0. The first-order valence-corrected chi connectivity index (χ1v) is 7.68. The molecule has 0 aliphatic heterocycles. The number of amides is 1. The molecule has 0 spiro atoms. The third-order valence-electron chi connectivity index (χ3n) is 3.42. The largest absolute Gasteiger partial charge is 0.445 e. The fraction of sp³-hybridized carbons (Fsp3) is 0.588. The summed E-state index contributed by atoms with van der Waals surface area (Å²) in [7, 11) is 0. The second-order valence-electron chi connectivity index (χ2n) is 6.39. The predicted octanol–water partition coefficient (Wildman–Crippen LogP) is 3.48. The van der Waals surface area contributed by atoms with Crippen molar-refractivity contribution in [1.82, 2.24) is 10.3 Å². The number of hydrogen-bond donors (Lipinski definition) is 1. The monoisotopic (exact) mass is 306 g/mol. The van der Waals surface area contributed by atoms with E-state index in [1.165, 1.54) is 0 Å². The maximum atomic E-state index is 12.2. The van der Waals surface area contributed by atoms with E-state index in [9.17, 15) is 9.59 Å². The number of Topliss-reactive ketones (excluding diaryl/α,β-unsaturated/α-hetero) is 1. The van der Waals surface area contributed by atoms with Crippen molar-refractivity contribution in [3.8, 4) is 0 Å². The minimum Gasteiger partial charge on any atom is -0.445 e. The molecule has 1 aromatic rings. The van der Waals surface area contributed by atoms with Crippen LogP contribution in [0, 0.1) is 5.92 Å². The Hall–Kier alpha value is -1.91. The average Bonchev–Trinajstić information content (AvgIpc) is 2.45. The number of alkyl carbamates (subject to hydrolysis) is 1. The number of ether oxygens (including phenoxy) is 1. The highest BCUT2D eigenvalue weighted by molar-refractivity contribution is 5.90. The number of carbonyl (C=O) groups excluding carboxylic acids is 2. The van der Waals surface area contributed by atoms with E-state index in [0.29, 0.717) is 12.3 Å². The number of aromatic nitrogens is 1. The number of ketones is 1. The molecule has 0 saturated carbocycles. The Morgan fingerprint density at radius 1 is 1.27 bits per heavy atom. The van der Waals surface area contributed by atoms with Crippen LogP contribution in [0.25, 0.3) is 0 Å². The molecular formula is C17H26N2O3. The quantitative estimate of drug-likeness (QED) is 0.798. The van der Waals surface area contributed by atoms with E-state index < -0.39 is 11.6 Å². The van der Waals surface area contributed by atoms with Gasteiger partial charge in [-0.2, -0.15) is 0 Å². The van der Waals surface area contributed by atoms with Gasteiger partial charge in [-0.15, -0.1) is 0 Å². The number of nitrogens with zero attached hydrogens (tertiary/aromatic N) is 1. The zero-order valence-electron chi connectivity index (χ0n) is 13.9. The molecule has 1 aromatic heterocycles. The third-order valence-corrected chi connectivity index (χ3v) is 3.42. The van der Waals surface area contributed by atoms with Crippen LogP contribution in [0.4, 0.5) is 4.79 Å². The Morgan fingerprint density at radius 2 is 1.91 bits per heavy atom. The van der Waals surface area contributed by atoms with Crippen LogP contribution in [0.3, 0.4) is 0 Å². The van der Waals surface area contributed by atoms with Crippen molar-refractivity contribution in [2.24, 2.45) is 5.92 Å². The molecule has 1 amide bonds. The van der Waals surface area contributed by atoms with E-state index in [4.69, 9.17) is 4.74 Å². The summed E-state index contributed by atoms with van der Waals surface area (Å²) in [4.78, 5) is 27.9. The van der Waals surface area contributed by atoms with Gasteiger partial charge in [0.05, 0.1) is 5.54 Å². The number of carbonyl (C=O) groups is 2. The summed E-state index contributed by atoms with van der Waals surface area (Å²) in [5, 5.41) is 2.64. The number of nitrogens with one attached hydrogen (secondary N) is 1. The first-order valence-electron chi connectivity index (χ1n) is 7.68. The van der Waals surface area contributed by atoms with Crippen LogP contribution in [-0.2, 0) is 16.1 Å². The van der Waals surface area contributed by atoms with Gasteiger partial charge in [0, 0.05) is 18.8 Å². The van der Waals surface area contributed by atoms with Crippen molar-refractivity contribution in [2.75, 3.05) is 0 Å². The van der Waals surface area contributed by atoms with E-state index in [0.717, 1.165) is 18.4 Å².